The molecule has 1 saturated heterocycles. The first-order valence-corrected chi connectivity index (χ1v) is 7.65. The second-order valence-electron chi connectivity index (χ2n) is 6.01. The van der Waals surface area contributed by atoms with Gasteiger partial charge >= 0.3 is 5.97 Å². The third kappa shape index (κ3) is 3.14. The lowest BCUT2D eigenvalue weighted by molar-refractivity contribution is -0.144. The van der Waals surface area contributed by atoms with Crippen molar-refractivity contribution in [3.05, 3.63) is 17.5 Å². The van der Waals surface area contributed by atoms with Crippen molar-refractivity contribution in [1.29, 1.82) is 0 Å². The summed E-state index contributed by atoms with van der Waals surface area (Å²) in [5.74, 6) is -0.786. The van der Waals surface area contributed by atoms with Crippen LogP contribution in [0.2, 0.25) is 0 Å². The van der Waals surface area contributed by atoms with Gasteiger partial charge in [0.2, 0.25) is 0 Å². The normalized spacial score (nSPS) is 19.7. The number of amides is 1. The standard InChI is InChI=1S/C15H24N4O3/c1-5-19-12(8-11(16-19)10(2)3)14(20)18-7-6-17(4)13(9-18)15(21)22/h8,10,13H,5-7,9H2,1-4H3,(H,21,22). The van der Waals surface area contributed by atoms with Crippen molar-refractivity contribution < 1.29 is 14.7 Å². The number of piperazine rings is 1. The highest BCUT2D eigenvalue weighted by Gasteiger charge is 2.33. The molecule has 1 amide bonds. The number of carbonyl (C=O) groups is 2. The van der Waals surface area contributed by atoms with Gasteiger partial charge in [0, 0.05) is 26.2 Å². The molecule has 0 aromatic carbocycles. The first-order chi connectivity index (χ1) is 10.3. The summed E-state index contributed by atoms with van der Waals surface area (Å²) >= 11 is 0. The molecular weight excluding hydrogens is 284 g/mol. The van der Waals surface area contributed by atoms with Crippen molar-refractivity contribution in [2.45, 2.75) is 39.3 Å². The van der Waals surface area contributed by atoms with Crippen molar-refractivity contribution in [2.75, 3.05) is 26.7 Å². The average molecular weight is 308 g/mol. The van der Waals surface area contributed by atoms with E-state index in [4.69, 9.17) is 0 Å². The molecule has 122 valence electrons. The molecule has 1 fully saturated rings. The summed E-state index contributed by atoms with van der Waals surface area (Å²) in [4.78, 5) is 27.4. The van der Waals surface area contributed by atoms with E-state index in [1.807, 2.05) is 26.8 Å². The lowest BCUT2D eigenvalue weighted by Crippen LogP contribution is -2.56. The molecule has 1 aliphatic heterocycles. The number of aromatic nitrogens is 2. The molecule has 1 atom stereocenters. The van der Waals surface area contributed by atoms with Crippen LogP contribution in [0.3, 0.4) is 0 Å². The van der Waals surface area contributed by atoms with Gasteiger partial charge in [0.1, 0.15) is 11.7 Å². The zero-order chi connectivity index (χ0) is 16.4. The smallest absolute Gasteiger partial charge is 0.322 e. The van der Waals surface area contributed by atoms with Crippen LogP contribution in [0.15, 0.2) is 6.07 Å². The number of aliphatic carboxylic acids is 1. The fourth-order valence-electron chi connectivity index (χ4n) is 2.62. The van der Waals surface area contributed by atoms with E-state index in [0.29, 0.717) is 25.3 Å². The van der Waals surface area contributed by atoms with Crippen LogP contribution in [0, 0.1) is 0 Å². The highest BCUT2D eigenvalue weighted by molar-refractivity contribution is 5.93. The van der Waals surface area contributed by atoms with Gasteiger partial charge in [0.15, 0.2) is 0 Å². The van der Waals surface area contributed by atoms with Crippen LogP contribution in [0.1, 0.15) is 42.9 Å². The molecule has 22 heavy (non-hydrogen) atoms. The van der Waals surface area contributed by atoms with E-state index in [0.717, 1.165) is 5.69 Å². The Kier molecular flexibility index (Phi) is 4.85. The van der Waals surface area contributed by atoms with Gasteiger partial charge in [-0.25, -0.2) is 0 Å². The number of rotatable bonds is 4. The minimum Gasteiger partial charge on any atom is -0.480 e. The SMILES string of the molecule is CCn1nc(C(C)C)cc1C(=O)N1CCN(C)C(C(=O)O)C1. The number of likely N-dealkylation sites (N-methyl/N-ethyl adjacent to an activating group) is 1. The average Bonchev–Trinajstić information content (AvgIpc) is 2.91. The number of carboxylic acids is 1. The van der Waals surface area contributed by atoms with E-state index in [1.165, 1.54) is 0 Å². The van der Waals surface area contributed by atoms with Crippen molar-refractivity contribution in [3.63, 3.8) is 0 Å². The number of hydrogen-bond donors (Lipinski definition) is 1. The van der Waals surface area contributed by atoms with Crippen molar-refractivity contribution in [1.82, 2.24) is 19.6 Å². The molecule has 2 heterocycles. The number of carboxylic acid groups (broad SMARTS) is 1. The number of hydrogen-bond acceptors (Lipinski definition) is 4. The van der Waals surface area contributed by atoms with E-state index in [-0.39, 0.29) is 18.4 Å². The summed E-state index contributed by atoms with van der Waals surface area (Å²) in [5.41, 5.74) is 1.43. The number of nitrogens with zero attached hydrogens (tertiary/aromatic N) is 4. The Morgan fingerprint density at radius 2 is 2.09 bits per heavy atom. The molecule has 1 aromatic heterocycles. The molecule has 0 saturated carbocycles. The zero-order valence-corrected chi connectivity index (χ0v) is 13.6. The maximum absolute atomic E-state index is 12.7. The lowest BCUT2D eigenvalue weighted by atomic mass is 10.1. The molecule has 0 aliphatic carbocycles. The second kappa shape index (κ2) is 6.48. The van der Waals surface area contributed by atoms with E-state index in [9.17, 15) is 14.7 Å². The Morgan fingerprint density at radius 1 is 1.41 bits per heavy atom. The molecule has 1 unspecified atom stereocenters. The molecule has 2 rings (SSSR count). The van der Waals surface area contributed by atoms with Gasteiger partial charge in [-0.15, -0.1) is 0 Å². The minimum absolute atomic E-state index is 0.138. The fraction of sp³-hybridized carbons (Fsp3) is 0.667. The van der Waals surface area contributed by atoms with Crippen molar-refractivity contribution >= 4 is 11.9 Å². The highest BCUT2D eigenvalue weighted by atomic mass is 16.4. The van der Waals surface area contributed by atoms with Gasteiger partial charge < -0.3 is 10.0 Å². The van der Waals surface area contributed by atoms with Crippen LogP contribution in [-0.4, -0.2) is 69.3 Å². The maximum atomic E-state index is 12.7. The van der Waals surface area contributed by atoms with Gasteiger partial charge in [0.25, 0.3) is 5.91 Å². The number of aryl methyl sites for hydroxylation is 1. The van der Waals surface area contributed by atoms with Crippen LogP contribution in [0.25, 0.3) is 0 Å². The molecule has 0 spiro atoms. The molecule has 7 heteroatoms. The first kappa shape index (κ1) is 16.5. The van der Waals surface area contributed by atoms with Gasteiger partial charge in [-0.05, 0) is 26.0 Å². The molecule has 0 bridgehead atoms. The Labute approximate surface area is 130 Å². The Bertz CT molecular complexity index is 567. The second-order valence-corrected chi connectivity index (χ2v) is 6.01. The van der Waals surface area contributed by atoms with Crippen LogP contribution < -0.4 is 0 Å². The predicted molar refractivity (Wildman–Crippen MR) is 81.9 cm³/mol. The topological polar surface area (TPSA) is 78.7 Å². The van der Waals surface area contributed by atoms with Crippen LogP contribution in [0.5, 0.6) is 0 Å². The minimum atomic E-state index is -0.896. The summed E-state index contributed by atoms with van der Waals surface area (Å²) in [5, 5.41) is 13.7. The largest absolute Gasteiger partial charge is 0.480 e. The van der Waals surface area contributed by atoms with E-state index in [2.05, 4.69) is 5.10 Å². The van der Waals surface area contributed by atoms with E-state index < -0.39 is 12.0 Å². The summed E-state index contributed by atoms with van der Waals surface area (Å²) in [6, 6.07) is 1.17. The highest BCUT2D eigenvalue weighted by Crippen LogP contribution is 2.18. The molecule has 1 N–H and O–H groups in total. The molecule has 7 nitrogen and oxygen atoms in total. The summed E-state index contributed by atoms with van der Waals surface area (Å²) in [6.07, 6.45) is 0. The fourth-order valence-corrected chi connectivity index (χ4v) is 2.62. The Morgan fingerprint density at radius 3 is 2.64 bits per heavy atom. The summed E-state index contributed by atoms with van der Waals surface area (Å²) in [7, 11) is 1.77. The summed E-state index contributed by atoms with van der Waals surface area (Å²) in [6.45, 7) is 7.92. The van der Waals surface area contributed by atoms with Crippen LogP contribution in [0.4, 0.5) is 0 Å². The first-order valence-electron chi connectivity index (χ1n) is 7.65. The Balaban J connectivity index is 2.22. The van der Waals surface area contributed by atoms with Gasteiger partial charge in [-0.1, -0.05) is 13.8 Å². The van der Waals surface area contributed by atoms with Gasteiger partial charge in [-0.2, -0.15) is 5.10 Å². The third-order valence-electron chi connectivity index (χ3n) is 4.13. The van der Waals surface area contributed by atoms with Gasteiger partial charge in [0.05, 0.1) is 5.69 Å². The molecular formula is C15H24N4O3. The van der Waals surface area contributed by atoms with E-state index >= 15 is 0 Å². The van der Waals surface area contributed by atoms with Gasteiger partial charge in [-0.3, -0.25) is 19.2 Å². The number of carbonyl (C=O) groups excluding carboxylic acids is 1. The monoisotopic (exact) mass is 308 g/mol. The van der Waals surface area contributed by atoms with Crippen LogP contribution >= 0.6 is 0 Å². The quantitative estimate of drug-likeness (QED) is 0.893. The maximum Gasteiger partial charge on any atom is 0.322 e. The van der Waals surface area contributed by atoms with E-state index in [1.54, 1.807) is 21.5 Å². The van der Waals surface area contributed by atoms with Crippen molar-refractivity contribution in [2.24, 2.45) is 0 Å². The third-order valence-corrected chi connectivity index (χ3v) is 4.13. The van der Waals surface area contributed by atoms with Crippen molar-refractivity contribution in [3.8, 4) is 0 Å². The zero-order valence-electron chi connectivity index (χ0n) is 13.6. The lowest BCUT2D eigenvalue weighted by Gasteiger charge is -2.37. The van der Waals surface area contributed by atoms with Crippen LogP contribution in [-0.2, 0) is 11.3 Å². The molecule has 1 aliphatic rings. The summed E-state index contributed by atoms with van der Waals surface area (Å²) < 4.78 is 1.70. The molecule has 0 radical (unpaired) electrons. The molecule has 1 aromatic rings. The predicted octanol–water partition coefficient (Wildman–Crippen LogP) is 0.867. The Hall–Kier alpha value is -1.89.